The number of rotatable bonds is 4. The molecule has 1 rings (SSSR count). The summed E-state index contributed by atoms with van der Waals surface area (Å²) in [7, 11) is 3.55. The number of hydrogen-bond acceptors (Lipinski definition) is 2. The van der Waals surface area contributed by atoms with Crippen LogP contribution in [-0.2, 0) is 16.1 Å². The van der Waals surface area contributed by atoms with E-state index in [1.165, 1.54) is 6.08 Å². The summed E-state index contributed by atoms with van der Waals surface area (Å²) in [5.74, 6) is -0.397. The average Bonchev–Trinajstić information content (AvgIpc) is 2.26. The van der Waals surface area contributed by atoms with Crippen molar-refractivity contribution in [2.45, 2.75) is 19.1 Å². The molecule has 2 nitrogen and oxygen atoms in total. The number of carbonyl (C=O) groups excluding carboxylic acids is 1. The van der Waals surface area contributed by atoms with Crippen LogP contribution in [0.4, 0.5) is 0 Å². The van der Waals surface area contributed by atoms with Gasteiger partial charge in [0.25, 0.3) is 0 Å². The van der Waals surface area contributed by atoms with Crippen LogP contribution in [0.5, 0.6) is 0 Å². The Morgan fingerprint density at radius 1 is 1.60 bits per heavy atom. The largest absolute Gasteiger partial charge is 0.458 e. The second-order valence-electron chi connectivity index (χ2n) is 3.23. The fourth-order valence-corrected chi connectivity index (χ4v) is 1.58. The SMILES string of the molecule is C=CC(=O)OCc1ccccc1C(C)[Si]. The van der Waals surface area contributed by atoms with Gasteiger partial charge in [-0.3, -0.25) is 0 Å². The van der Waals surface area contributed by atoms with Crippen molar-refractivity contribution >= 4 is 16.2 Å². The maximum atomic E-state index is 10.9. The van der Waals surface area contributed by atoms with Crippen LogP contribution < -0.4 is 0 Å². The van der Waals surface area contributed by atoms with E-state index < -0.39 is 5.97 Å². The van der Waals surface area contributed by atoms with Gasteiger partial charge in [0, 0.05) is 16.3 Å². The Morgan fingerprint density at radius 2 is 2.27 bits per heavy atom. The fraction of sp³-hybridized carbons (Fsp3) is 0.250. The van der Waals surface area contributed by atoms with Crippen molar-refractivity contribution in [3.05, 3.63) is 48.0 Å². The van der Waals surface area contributed by atoms with Crippen LogP contribution in [0.25, 0.3) is 0 Å². The minimum absolute atomic E-state index is 0.239. The summed E-state index contributed by atoms with van der Waals surface area (Å²) in [6.45, 7) is 5.67. The predicted molar refractivity (Wildman–Crippen MR) is 60.6 cm³/mol. The van der Waals surface area contributed by atoms with Gasteiger partial charge in [0.15, 0.2) is 0 Å². The fourth-order valence-electron chi connectivity index (χ4n) is 1.30. The summed E-state index contributed by atoms with van der Waals surface area (Å²) < 4.78 is 4.99. The first kappa shape index (κ1) is 11.7. The molecule has 0 aliphatic heterocycles. The molecule has 0 aliphatic rings. The first-order valence-electron chi connectivity index (χ1n) is 4.73. The summed E-state index contributed by atoms with van der Waals surface area (Å²) in [4.78, 5) is 10.9. The maximum Gasteiger partial charge on any atom is 0.330 e. The highest BCUT2D eigenvalue weighted by Gasteiger charge is 2.06. The van der Waals surface area contributed by atoms with Crippen molar-refractivity contribution in [1.82, 2.24) is 0 Å². The van der Waals surface area contributed by atoms with E-state index in [1.807, 2.05) is 31.2 Å². The second-order valence-corrected chi connectivity index (χ2v) is 4.10. The molecule has 0 spiro atoms. The number of esters is 1. The topological polar surface area (TPSA) is 26.3 Å². The number of ether oxygens (including phenoxy) is 1. The van der Waals surface area contributed by atoms with Crippen molar-refractivity contribution < 1.29 is 9.53 Å². The van der Waals surface area contributed by atoms with Crippen LogP contribution in [0.2, 0.25) is 0 Å². The lowest BCUT2D eigenvalue weighted by Crippen LogP contribution is -2.04. The summed E-state index contributed by atoms with van der Waals surface area (Å²) in [5, 5.41) is 0. The summed E-state index contributed by atoms with van der Waals surface area (Å²) in [6.07, 6.45) is 1.17. The standard InChI is InChI=1S/C12H13O2Si/c1-3-12(13)14-8-10-6-4-5-7-11(10)9(2)15/h3-7,9H,1,8H2,2H3. The van der Waals surface area contributed by atoms with E-state index in [4.69, 9.17) is 4.74 Å². The third kappa shape index (κ3) is 3.36. The van der Waals surface area contributed by atoms with E-state index >= 15 is 0 Å². The van der Waals surface area contributed by atoms with Gasteiger partial charge >= 0.3 is 5.97 Å². The van der Waals surface area contributed by atoms with Crippen LogP contribution >= 0.6 is 0 Å². The lowest BCUT2D eigenvalue weighted by atomic mass is 10.1. The quantitative estimate of drug-likeness (QED) is 0.439. The summed E-state index contributed by atoms with van der Waals surface area (Å²) in [6, 6.07) is 7.84. The highest BCUT2D eigenvalue weighted by molar-refractivity contribution is 6.12. The Hall–Kier alpha value is -1.35. The van der Waals surface area contributed by atoms with Crippen molar-refractivity contribution in [1.29, 1.82) is 0 Å². The molecule has 0 fully saturated rings. The molecule has 0 saturated carbocycles. The molecule has 0 saturated heterocycles. The normalized spacial score (nSPS) is 11.9. The van der Waals surface area contributed by atoms with Crippen molar-refractivity contribution in [2.75, 3.05) is 0 Å². The zero-order chi connectivity index (χ0) is 11.3. The van der Waals surface area contributed by atoms with Gasteiger partial charge in [-0.1, -0.05) is 37.8 Å². The number of carbonyl (C=O) groups is 1. The van der Waals surface area contributed by atoms with Gasteiger partial charge < -0.3 is 4.74 Å². The van der Waals surface area contributed by atoms with Gasteiger partial charge in [-0.05, 0) is 16.7 Å². The lowest BCUT2D eigenvalue weighted by molar-refractivity contribution is -0.138. The molecule has 1 aromatic carbocycles. The molecule has 77 valence electrons. The smallest absolute Gasteiger partial charge is 0.330 e. The monoisotopic (exact) mass is 217 g/mol. The Kier molecular flexibility index (Phi) is 4.30. The summed E-state index contributed by atoms with van der Waals surface area (Å²) in [5.41, 5.74) is 2.38. The van der Waals surface area contributed by atoms with Crippen LogP contribution in [0.1, 0.15) is 23.6 Å². The van der Waals surface area contributed by atoms with Crippen LogP contribution in [0.15, 0.2) is 36.9 Å². The van der Waals surface area contributed by atoms with E-state index in [0.29, 0.717) is 0 Å². The predicted octanol–water partition coefficient (Wildman–Crippen LogP) is 2.15. The van der Waals surface area contributed by atoms with E-state index in [9.17, 15) is 4.79 Å². The molecule has 0 bridgehead atoms. The number of hydrogen-bond donors (Lipinski definition) is 0. The van der Waals surface area contributed by atoms with Crippen LogP contribution in [-0.4, -0.2) is 16.2 Å². The molecule has 0 amide bonds. The van der Waals surface area contributed by atoms with Gasteiger partial charge in [0.2, 0.25) is 0 Å². The van der Waals surface area contributed by atoms with E-state index in [0.717, 1.165) is 11.1 Å². The highest BCUT2D eigenvalue weighted by Crippen LogP contribution is 2.17. The lowest BCUT2D eigenvalue weighted by Gasteiger charge is -2.11. The highest BCUT2D eigenvalue weighted by atomic mass is 28.1. The van der Waals surface area contributed by atoms with Crippen LogP contribution in [0.3, 0.4) is 0 Å². The molecule has 1 unspecified atom stereocenters. The molecule has 1 atom stereocenters. The van der Waals surface area contributed by atoms with E-state index in [1.54, 1.807) is 0 Å². The molecular weight excluding hydrogens is 204 g/mol. The van der Waals surface area contributed by atoms with E-state index in [2.05, 4.69) is 16.8 Å². The molecule has 0 heterocycles. The van der Waals surface area contributed by atoms with Gasteiger partial charge in [0.05, 0.1) is 0 Å². The molecule has 0 aromatic heterocycles. The Balaban J connectivity index is 2.75. The van der Waals surface area contributed by atoms with Gasteiger partial charge in [0.1, 0.15) is 6.61 Å². The number of benzene rings is 1. The molecule has 1 aromatic rings. The minimum atomic E-state index is -0.397. The second kappa shape index (κ2) is 5.51. The minimum Gasteiger partial charge on any atom is -0.458 e. The van der Waals surface area contributed by atoms with E-state index in [-0.39, 0.29) is 12.1 Å². The first-order valence-corrected chi connectivity index (χ1v) is 5.31. The van der Waals surface area contributed by atoms with Gasteiger partial charge in [-0.25, -0.2) is 4.79 Å². The molecule has 15 heavy (non-hydrogen) atoms. The first-order chi connectivity index (χ1) is 7.15. The molecule has 3 radical (unpaired) electrons. The third-order valence-corrected chi connectivity index (χ3v) is 2.37. The third-order valence-electron chi connectivity index (χ3n) is 2.06. The van der Waals surface area contributed by atoms with Gasteiger partial charge in [-0.15, -0.1) is 0 Å². The molecule has 0 N–H and O–H groups in total. The Morgan fingerprint density at radius 3 is 2.87 bits per heavy atom. The molecule has 0 aliphatic carbocycles. The molecule has 3 heteroatoms. The van der Waals surface area contributed by atoms with Crippen molar-refractivity contribution in [3.63, 3.8) is 0 Å². The zero-order valence-corrected chi connectivity index (χ0v) is 9.69. The Labute approximate surface area is 93.4 Å². The molecular formula is C12H13O2Si. The van der Waals surface area contributed by atoms with Gasteiger partial charge in [-0.2, -0.15) is 0 Å². The Bertz CT molecular complexity index is 358. The van der Waals surface area contributed by atoms with Crippen molar-refractivity contribution in [2.24, 2.45) is 0 Å². The zero-order valence-electron chi connectivity index (χ0n) is 8.69. The maximum absolute atomic E-state index is 10.9. The average molecular weight is 217 g/mol. The van der Waals surface area contributed by atoms with Crippen LogP contribution in [0, 0.1) is 0 Å². The summed E-state index contributed by atoms with van der Waals surface area (Å²) >= 11 is 0. The van der Waals surface area contributed by atoms with Crippen molar-refractivity contribution in [3.8, 4) is 0 Å².